The zero-order valence-corrected chi connectivity index (χ0v) is 17.2. The van der Waals surface area contributed by atoms with E-state index in [2.05, 4.69) is 22.2 Å². The number of amides is 2. The Bertz CT molecular complexity index is 907. The third-order valence-electron chi connectivity index (χ3n) is 6.31. The maximum Gasteiger partial charge on any atom is 0.253 e. The quantitative estimate of drug-likeness (QED) is 0.840. The zero-order valence-electron chi connectivity index (χ0n) is 16.5. The molecule has 2 aliphatic rings. The van der Waals surface area contributed by atoms with Gasteiger partial charge in [-0.05, 0) is 63.2 Å². The van der Waals surface area contributed by atoms with Gasteiger partial charge in [0.15, 0.2) is 0 Å². The molecule has 0 spiro atoms. The first-order valence-electron chi connectivity index (χ1n) is 9.96. The maximum absolute atomic E-state index is 13.4. The van der Waals surface area contributed by atoms with Crippen LogP contribution in [0.15, 0.2) is 48.8 Å². The number of halogens is 1. The van der Waals surface area contributed by atoms with E-state index in [0.29, 0.717) is 35.8 Å². The molecule has 6 nitrogen and oxygen atoms in total. The van der Waals surface area contributed by atoms with Crippen molar-refractivity contribution >= 4 is 29.1 Å². The van der Waals surface area contributed by atoms with Gasteiger partial charge in [-0.3, -0.25) is 14.6 Å². The first-order valence-corrected chi connectivity index (χ1v) is 10.3. The summed E-state index contributed by atoms with van der Waals surface area (Å²) in [6.07, 6.45) is 5.54. The highest BCUT2D eigenvalue weighted by atomic mass is 35.5. The molecule has 3 heterocycles. The molecular formula is C22H25ClN4O2. The molecule has 29 heavy (non-hydrogen) atoms. The molecule has 0 bridgehead atoms. The van der Waals surface area contributed by atoms with Gasteiger partial charge in [0.1, 0.15) is 0 Å². The molecule has 0 saturated carbocycles. The average molecular weight is 413 g/mol. The highest BCUT2D eigenvalue weighted by Crippen LogP contribution is 2.44. The second-order valence-corrected chi connectivity index (χ2v) is 8.38. The molecule has 0 radical (unpaired) electrons. The zero-order chi connectivity index (χ0) is 20.4. The number of likely N-dealkylation sites (tertiary alicyclic amines) is 2. The van der Waals surface area contributed by atoms with E-state index in [1.54, 1.807) is 36.7 Å². The number of rotatable bonds is 3. The topological polar surface area (TPSA) is 65.5 Å². The smallest absolute Gasteiger partial charge is 0.253 e. The molecule has 1 N–H and O–H groups in total. The van der Waals surface area contributed by atoms with E-state index in [1.807, 2.05) is 17.0 Å². The monoisotopic (exact) mass is 412 g/mol. The summed E-state index contributed by atoms with van der Waals surface area (Å²) in [5.41, 5.74) is 0.789. The summed E-state index contributed by atoms with van der Waals surface area (Å²) in [7, 11) is 2.07. The molecule has 2 aromatic rings. The Kier molecular flexibility index (Phi) is 5.56. The van der Waals surface area contributed by atoms with Crippen LogP contribution in [0.1, 0.15) is 29.6 Å². The van der Waals surface area contributed by atoms with Crippen molar-refractivity contribution in [2.45, 2.75) is 25.3 Å². The van der Waals surface area contributed by atoms with Crippen LogP contribution < -0.4 is 5.32 Å². The number of hydrogen-bond donors (Lipinski definition) is 1. The number of nitrogens with one attached hydrogen (secondary N) is 1. The SMILES string of the molecule is CN1CC[C@]2(C(=O)Nc3cccnc3)CCN(C(=O)c3cccc(Cl)c3)CC[C@H]12. The highest BCUT2D eigenvalue weighted by molar-refractivity contribution is 6.30. The average Bonchev–Trinajstić information content (AvgIpc) is 2.93. The minimum atomic E-state index is -0.506. The fourth-order valence-corrected chi connectivity index (χ4v) is 4.90. The summed E-state index contributed by atoms with van der Waals surface area (Å²) in [5, 5.41) is 3.61. The van der Waals surface area contributed by atoms with Crippen LogP contribution in [0.3, 0.4) is 0 Å². The van der Waals surface area contributed by atoms with Gasteiger partial charge in [0, 0.05) is 35.9 Å². The molecule has 152 valence electrons. The van der Waals surface area contributed by atoms with Crippen LogP contribution in [0.2, 0.25) is 5.02 Å². The van der Waals surface area contributed by atoms with Crippen molar-refractivity contribution in [2.75, 3.05) is 32.0 Å². The number of aromatic nitrogens is 1. The molecule has 2 fully saturated rings. The van der Waals surface area contributed by atoms with Gasteiger partial charge in [-0.25, -0.2) is 0 Å². The van der Waals surface area contributed by atoms with Crippen molar-refractivity contribution in [3.8, 4) is 0 Å². The summed E-state index contributed by atoms with van der Waals surface area (Å²) < 4.78 is 0. The Morgan fingerprint density at radius 3 is 2.76 bits per heavy atom. The predicted octanol–water partition coefficient (Wildman–Crippen LogP) is 3.30. The number of nitrogens with zero attached hydrogens (tertiary/aromatic N) is 3. The number of carbonyl (C=O) groups excluding carboxylic acids is 2. The van der Waals surface area contributed by atoms with Crippen LogP contribution in [0, 0.1) is 5.41 Å². The summed E-state index contributed by atoms with van der Waals surface area (Å²) >= 11 is 6.06. The van der Waals surface area contributed by atoms with Gasteiger partial charge in [0.2, 0.25) is 5.91 Å². The molecule has 7 heteroatoms. The number of carbonyl (C=O) groups is 2. The molecule has 2 aliphatic heterocycles. The van der Waals surface area contributed by atoms with Crippen LogP contribution in [0.5, 0.6) is 0 Å². The largest absolute Gasteiger partial charge is 0.339 e. The Labute approximate surface area is 175 Å². The number of benzene rings is 1. The van der Waals surface area contributed by atoms with Crippen LogP contribution in [0.25, 0.3) is 0 Å². The van der Waals surface area contributed by atoms with Gasteiger partial charge >= 0.3 is 0 Å². The lowest BCUT2D eigenvalue weighted by Gasteiger charge is -2.34. The van der Waals surface area contributed by atoms with Gasteiger partial charge in [0.05, 0.1) is 17.3 Å². The van der Waals surface area contributed by atoms with Crippen LogP contribution in [-0.2, 0) is 4.79 Å². The molecule has 0 aliphatic carbocycles. The molecular weight excluding hydrogens is 388 g/mol. The second kappa shape index (κ2) is 8.13. The number of pyridine rings is 1. The first-order chi connectivity index (χ1) is 14.0. The van der Waals surface area contributed by atoms with Gasteiger partial charge in [0.25, 0.3) is 5.91 Å². The molecule has 2 amide bonds. The number of hydrogen-bond acceptors (Lipinski definition) is 4. The molecule has 0 unspecified atom stereocenters. The molecule has 1 aromatic heterocycles. The Morgan fingerprint density at radius 1 is 1.17 bits per heavy atom. The van der Waals surface area contributed by atoms with E-state index in [4.69, 9.17) is 11.6 Å². The summed E-state index contributed by atoms with van der Waals surface area (Å²) in [6, 6.07) is 10.8. The molecule has 2 saturated heterocycles. The third-order valence-corrected chi connectivity index (χ3v) is 6.55. The third kappa shape index (κ3) is 3.87. The van der Waals surface area contributed by atoms with E-state index in [0.717, 1.165) is 19.4 Å². The van der Waals surface area contributed by atoms with E-state index < -0.39 is 5.41 Å². The molecule has 2 atom stereocenters. The molecule has 1 aromatic carbocycles. The first kappa shape index (κ1) is 19.9. The fourth-order valence-electron chi connectivity index (χ4n) is 4.71. The van der Waals surface area contributed by atoms with Crippen molar-refractivity contribution in [3.63, 3.8) is 0 Å². The van der Waals surface area contributed by atoms with Crippen molar-refractivity contribution in [2.24, 2.45) is 5.41 Å². The summed E-state index contributed by atoms with van der Waals surface area (Å²) in [6.45, 7) is 2.06. The van der Waals surface area contributed by atoms with Crippen LogP contribution in [0.4, 0.5) is 5.69 Å². The highest BCUT2D eigenvalue weighted by Gasteiger charge is 2.52. The fraction of sp³-hybridized carbons (Fsp3) is 0.409. The summed E-state index contributed by atoms with van der Waals surface area (Å²) in [4.78, 5) is 34.6. The number of fused-ring (bicyclic) bond motifs is 1. The van der Waals surface area contributed by atoms with Crippen LogP contribution >= 0.6 is 11.6 Å². The lowest BCUT2D eigenvalue weighted by atomic mass is 9.75. The normalized spacial score (nSPS) is 24.6. The van der Waals surface area contributed by atoms with Crippen LogP contribution in [-0.4, -0.2) is 59.3 Å². The second-order valence-electron chi connectivity index (χ2n) is 7.94. The predicted molar refractivity (Wildman–Crippen MR) is 113 cm³/mol. The van der Waals surface area contributed by atoms with E-state index >= 15 is 0 Å². The van der Waals surface area contributed by atoms with Gasteiger partial charge in [-0.2, -0.15) is 0 Å². The van der Waals surface area contributed by atoms with Crippen molar-refractivity contribution in [1.29, 1.82) is 0 Å². The van der Waals surface area contributed by atoms with Crippen molar-refractivity contribution in [1.82, 2.24) is 14.8 Å². The Balaban J connectivity index is 1.55. The minimum Gasteiger partial charge on any atom is -0.339 e. The maximum atomic E-state index is 13.4. The van der Waals surface area contributed by atoms with E-state index in [9.17, 15) is 9.59 Å². The van der Waals surface area contributed by atoms with Gasteiger partial charge in [-0.1, -0.05) is 17.7 Å². The van der Waals surface area contributed by atoms with Crippen molar-refractivity contribution in [3.05, 3.63) is 59.4 Å². The lowest BCUT2D eigenvalue weighted by Crippen LogP contribution is -2.46. The molecule has 4 rings (SSSR count). The van der Waals surface area contributed by atoms with E-state index in [1.165, 1.54) is 0 Å². The van der Waals surface area contributed by atoms with Gasteiger partial charge < -0.3 is 15.1 Å². The van der Waals surface area contributed by atoms with Crippen molar-refractivity contribution < 1.29 is 9.59 Å². The lowest BCUT2D eigenvalue weighted by molar-refractivity contribution is -0.127. The summed E-state index contributed by atoms with van der Waals surface area (Å²) in [5.74, 6) is -0.00477. The van der Waals surface area contributed by atoms with E-state index in [-0.39, 0.29) is 17.9 Å². The number of anilines is 1. The minimum absolute atomic E-state index is 0.0249. The standard InChI is InChI=1S/C22H25ClN4O2/c1-26-12-8-22(21(29)25-18-6-3-10-24-15-18)9-13-27(11-7-19(22)26)20(28)16-4-2-5-17(23)14-16/h2-6,10,14-15,19H,7-9,11-13H2,1H3,(H,25,29)/t19-,22-/m0/s1. The van der Waals surface area contributed by atoms with Gasteiger partial charge in [-0.15, -0.1) is 0 Å². The Hall–Kier alpha value is -2.44. The Morgan fingerprint density at radius 2 is 2.00 bits per heavy atom.